The van der Waals surface area contributed by atoms with E-state index < -0.39 is 0 Å². The number of nitrogens with one attached hydrogen (secondary N) is 2. The average molecular weight is 246 g/mol. The van der Waals surface area contributed by atoms with Gasteiger partial charge in [0, 0.05) is 23.9 Å². The highest BCUT2D eigenvalue weighted by Crippen LogP contribution is 2.34. The number of hydrogen-bond donors (Lipinski definition) is 3. The van der Waals surface area contributed by atoms with E-state index in [1.54, 1.807) is 11.8 Å². The van der Waals surface area contributed by atoms with Crippen LogP contribution in [0.3, 0.4) is 0 Å². The van der Waals surface area contributed by atoms with Crippen molar-refractivity contribution in [2.45, 2.75) is 43.4 Å². The van der Waals surface area contributed by atoms with Crippen molar-refractivity contribution in [1.82, 2.24) is 10.6 Å². The largest absolute Gasteiger partial charge is 0.396 e. The first-order chi connectivity index (χ1) is 7.62. The number of aliphatic hydroxyl groups excluding tert-OH is 1. The SMILES string of the molecule is CS[C@@H](C)CNC(=O)NC1(CCO)CCC1. The van der Waals surface area contributed by atoms with Crippen LogP contribution in [0.4, 0.5) is 4.79 Å². The Morgan fingerprint density at radius 3 is 2.69 bits per heavy atom. The topological polar surface area (TPSA) is 61.4 Å². The van der Waals surface area contributed by atoms with Crippen LogP contribution in [0.1, 0.15) is 32.6 Å². The summed E-state index contributed by atoms with van der Waals surface area (Å²) in [5, 5.41) is 15.2. The fourth-order valence-corrected chi connectivity index (χ4v) is 2.11. The van der Waals surface area contributed by atoms with Crippen molar-refractivity contribution in [2.75, 3.05) is 19.4 Å². The molecule has 1 aliphatic rings. The van der Waals surface area contributed by atoms with Crippen LogP contribution >= 0.6 is 11.8 Å². The number of aliphatic hydroxyl groups is 1. The van der Waals surface area contributed by atoms with Gasteiger partial charge in [-0.2, -0.15) is 11.8 Å². The molecule has 5 heteroatoms. The lowest BCUT2D eigenvalue weighted by Gasteiger charge is -2.42. The smallest absolute Gasteiger partial charge is 0.315 e. The molecule has 0 aliphatic heterocycles. The summed E-state index contributed by atoms with van der Waals surface area (Å²) >= 11 is 1.73. The quantitative estimate of drug-likeness (QED) is 0.663. The summed E-state index contributed by atoms with van der Waals surface area (Å²) in [4.78, 5) is 11.6. The Morgan fingerprint density at radius 1 is 1.56 bits per heavy atom. The highest BCUT2D eigenvalue weighted by atomic mass is 32.2. The van der Waals surface area contributed by atoms with Crippen molar-refractivity contribution >= 4 is 17.8 Å². The van der Waals surface area contributed by atoms with Crippen LogP contribution in [0.2, 0.25) is 0 Å². The molecule has 0 aromatic rings. The number of carbonyl (C=O) groups is 1. The molecule has 2 amide bonds. The first kappa shape index (κ1) is 13.6. The third-order valence-corrected chi connectivity index (χ3v) is 4.20. The zero-order chi connectivity index (χ0) is 12.0. The average Bonchev–Trinajstić information content (AvgIpc) is 2.23. The van der Waals surface area contributed by atoms with E-state index in [1.165, 1.54) is 0 Å². The van der Waals surface area contributed by atoms with E-state index in [1.807, 2.05) is 6.26 Å². The molecule has 0 unspecified atom stereocenters. The molecule has 1 atom stereocenters. The van der Waals surface area contributed by atoms with E-state index in [0.29, 0.717) is 18.2 Å². The van der Waals surface area contributed by atoms with Gasteiger partial charge in [-0.3, -0.25) is 0 Å². The third-order valence-electron chi connectivity index (χ3n) is 3.23. The Kier molecular flexibility index (Phi) is 5.41. The van der Waals surface area contributed by atoms with Gasteiger partial charge < -0.3 is 15.7 Å². The number of thioether (sulfide) groups is 1. The fraction of sp³-hybridized carbons (Fsp3) is 0.909. The van der Waals surface area contributed by atoms with Gasteiger partial charge in [0.05, 0.1) is 0 Å². The molecule has 1 fully saturated rings. The standard InChI is InChI=1S/C11H22N2O2S/c1-9(16-2)8-12-10(15)13-11(6-7-14)4-3-5-11/h9,14H,3-8H2,1-2H3,(H2,12,13,15)/t9-/m0/s1. The van der Waals surface area contributed by atoms with Gasteiger partial charge >= 0.3 is 6.03 Å². The summed E-state index contributed by atoms with van der Waals surface area (Å²) in [6.07, 6.45) is 5.81. The number of urea groups is 1. The molecule has 0 heterocycles. The van der Waals surface area contributed by atoms with Gasteiger partial charge in [-0.1, -0.05) is 6.92 Å². The lowest BCUT2D eigenvalue weighted by Crippen LogP contribution is -2.57. The van der Waals surface area contributed by atoms with Crippen LogP contribution < -0.4 is 10.6 Å². The highest BCUT2D eigenvalue weighted by molar-refractivity contribution is 7.99. The summed E-state index contributed by atoms with van der Waals surface area (Å²) in [6.45, 7) is 2.90. The molecule has 3 N–H and O–H groups in total. The Bertz CT molecular complexity index is 232. The number of carbonyl (C=O) groups excluding carboxylic acids is 1. The van der Waals surface area contributed by atoms with Gasteiger partial charge in [0.15, 0.2) is 0 Å². The van der Waals surface area contributed by atoms with E-state index in [4.69, 9.17) is 5.11 Å². The second kappa shape index (κ2) is 6.35. The van der Waals surface area contributed by atoms with Crippen LogP contribution in [0.25, 0.3) is 0 Å². The van der Waals surface area contributed by atoms with Crippen molar-refractivity contribution in [3.63, 3.8) is 0 Å². The molecular weight excluding hydrogens is 224 g/mol. The summed E-state index contributed by atoms with van der Waals surface area (Å²) in [5.74, 6) is 0. The zero-order valence-corrected chi connectivity index (χ0v) is 10.9. The van der Waals surface area contributed by atoms with Gasteiger partial charge in [0.1, 0.15) is 0 Å². The van der Waals surface area contributed by atoms with E-state index in [0.717, 1.165) is 19.3 Å². The van der Waals surface area contributed by atoms with Gasteiger partial charge in [-0.05, 0) is 31.9 Å². The van der Waals surface area contributed by atoms with Crippen molar-refractivity contribution in [2.24, 2.45) is 0 Å². The number of amides is 2. The monoisotopic (exact) mass is 246 g/mol. The van der Waals surface area contributed by atoms with E-state index >= 15 is 0 Å². The van der Waals surface area contributed by atoms with E-state index in [2.05, 4.69) is 17.6 Å². The molecule has 0 aromatic heterocycles. The van der Waals surface area contributed by atoms with Gasteiger partial charge in [-0.25, -0.2) is 4.79 Å². The van der Waals surface area contributed by atoms with Crippen LogP contribution in [-0.2, 0) is 0 Å². The maximum atomic E-state index is 11.6. The lowest BCUT2D eigenvalue weighted by atomic mass is 9.74. The number of hydrogen-bond acceptors (Lipinski definition) is 3. The normalized spacial score (nSPS) is 19.7. The molecule has 1 rings (SSSR count). The molecule has 4 nitrogen and oxygen atoms in total. The van der Waals surface area contributed by atoms with E-state index in [9.17, 15) is 4.79 Å². The molecule has 0 aromatic carbocycles. The lowest BCUT2D eigenvalue weighted by molar-refractivity contribution is 0.136. The minimum atomic E-state index is -0.137. The van der Waals surface area contributed by atoms with Crippen molar-refractivity contribution < 1.29 is 9.90 Å². The molecule has 0 spiro atoms. The summed E-state index contributed by atoms with van der Waals surface area (Å²) in [5.41, 5.74) is -0.137. The maximum absolute atomic E-state index is 11.6. The zero-order valence-electron chi connectivity index (χ0n) is 10.1. The van der Waals surface area contributed by atoms with Crippen molar-refractivity contribution in [1.29, 1.82) is 0 Å². The first-order valence-electron chi connectivity index (χ1n) is 5.81. The Hall–Kier alpha value is -0.420. The molecule has 0 saturated heterocycles. The summed E-state index contributed by atoms with van der Waals surface area (Å²) in [6, 6.07) is -0.103. The number of rotatable bonds is 6. The van der Waals surface area contributed by atoms with Crippen LogP contribution in [0.15, 0.2) is 0 Å². The van der Waals surface area contributed by atoms with Gasteiger partial charge in [-0.15, -0.1) is 0 Å². The van der Waals surface area contributed by atoms with Gasteiger partial charge in [0.2, 0.25) is 0 Å². The van der Waals surface area contributed by atoms with Crippen LogP contribution in [0, 0.1) is 0 Å². The molecule has 94 valence electrons. The van der Waals surface area contributed by atoms with Gasteiger partial charge in [0.25, 0.3) is 0 Å². The highest BCUT2D eigenvalue weighted by Gasteiger charge is 2.37. The molecule has 1 saturated carbocycles. The first-order valence-corrected chi connectivity index (χ1v) is 7.10. The predicted octanol–water partition coefficient (Wildman–Crippen LogP) is 1.34. The van der Waals surface area contributed by atoms with Crippen LogP contribution in [0.5, 0.6) is 0 Å². The molecule has 1 aliphatic carbocycles. The predicted molar refractivity (Wildman–Crippen MR) is 67.8 cm³/mol. The Labute approximate surface area is 102 Å². The second-order valence-corrected chi connectivity index (χ2v) is 5.76. The maximum Gasteiger partial charge on any atom is 0.315 e. The van der Waals surface area contributed by atoms with Crippen LogP contribution in [-0.4, -0.2) is 41.3 Å². The van der Waals surface area contributed by atoms with E-state index in [-0.39, 0.29) is 18.2 Å². The molecule has 0 radical (unpaired) electrons. The Balaban J connectivity index is 2.27. The molecular formula is C11H22N2O2S. The summed E-state index contributed by atoms with van der Waals surface area (Å²) < 4.78 is 0. The van der Waals surface area contributed by atoms with Crippen molar-refractivity contribution in [3.8, 4) is 0 Å². The minimum Gasteiger partial charge on any atom is -0.396 e. The third kappa shape index (κ3) is 3.87. The fourth-order valence-electron chi connectivity index (χ4n) is 1.86. The van der Waals surface area contributed by atoms with Crippen molar-refractivity contribution in [3.05, 3.63) is 0 Å². The molecule has 16 heavy (non-hydrogen) atoms. The Morgan fingerprint density at radius 2 is 2.25 bits per heavy atom. The summed E-state index contributed by atoms with van der Waals surface area (Å²) in [7, 11) is 0. The molecule has 0 bridgehead atoms. The second-order valence-electron chi connectivity index (χ2n) is 4.49. The minimum absolute atomic E-state index is 0.103.